The molecule has 32 heavy (non-hydrogen) atoms. The second-order valence-corrected chi connectivity index (χ2v) is 6.62. The van der Waals surface area contributed by atoms with Crippen molar-refractivity contribution >= 4 is 29.5 Å². The number of benzene rings is 1. The predicted octanol–water partition coefficient (Wildman–Crippen LogP) is 4.89. The first kappa shape index (κ1) is 22.6. The molecule has 7 nitrogen and oxygen atoms in total. The van der Waals surface area contributed by atoms with Gasteiger partial charge in [0, 0.05) is 30.0 Å². The van der Waals surface area contributed by atoms with Crippen molar-refractivity contribution in [2.75, 3.05) is 12.4 Å². The molecule has 0 saturated carbocycles. The fourth-order valence-corrected chi connectivity index (χ4v) is 2.93. The Balaban J connectivity index is 2.18. The number of esters is 1. The van der Waals surface area contributed by atoms with E-state index in [0.29, 0.717) is 11.3 Å². The summed E-state index contributed by atoms with van der Waals surface area (Å²) < 4.78 is 43.9. The van der Waals surface area contributed by atoms with Crippen molar-refractivity contribution in [3.8, 4) is 11.3 Å². The zero-order valence-electron chi connectivity index (χ0n) is 16.9. The number of nitrogens with zero attached hydrogens (tertiary/aromatic N) is 2. The molecule has 3 aromatic rings. The highest BCUT2D eigenvalue weighted by Crippen LogP contribution is 2.32. The average Bonchev–Trinajstić information content (AvgIpc) is 2.77. The summed E-state index contributed by atoms with van der Waals surface area (Å²) >= 11 is 0. The third-order valence-electron chi connectivity index (χ3n) is 4.44. The number of hydrogen-bond acceptors (Lipinski definition) is 7. The maximum absolute atomic E-state index is 13.0. The zero-order chi connectivity index (χ0) is 23.5. The number of ether oxygens (including phenoxy) is 1. The van der Waals surface area contributed by atoms with Crippen molar-refractivity contribution in [2.24, 2.45) is 0 Å². The number of pyridine rings is 2. The molecule has 2 heterocycles. The van der Waals surface area contributed by atoms with Crippen LogP contribution in [0.15, 0.2) is 48.5 Å². The first-order valence-electron chi connectivity index (χ1n) is 9.20. The second-order valence-electron chi connectivity index (χ2n) is 6.62. The third-order valence-corrected chi connectivity index (χ3v) is 4.44. The van der Waals surface area contributed by atoms with Gasteiger partial charge in [0.05, 0.1) is 18.4 Å². The minimum Gasteiger partial charge on any atom is -0.465 e. The van der Waals surface area contributed by atoms with Crippen LogP contribution in [0.5, 0.6) is 0 Å². The standard InChI is InChI=1S/C22H17F3N4O3/c1-12(30)16-5-3-6-17(27-16)13-9-14(21(31)32-2)15(11-26)18(10-13)28-20-8-4-7-19(29-20)22(23,24)25/h3-11,26H,1-2H3,(H,28,29). The minimum absolute atomic E-state index is 0.00972. The van der Waals surface area contributed by atoms with E-state index in [9.17, 15) is 22.8 Å². The largest absolute Gasteiger partial charge is 0.465 e. The molecule has 0 aliphatic rings. The number of carbonyl (C=O) groups excluding carboxylic acids is 2. The van der Waals surface area contributed by atoms with Crippen LogP contribution in [-0.4, -0.2) is 35.0 Å². The molecule has 0 radical (unpaired) electrons. The highest BCUT2D eigenvalue weighted by molar-refractivity contribution is 6.04. The molecule has 164 valence electrons. The Morgan fingerprint density at radius 3 is 2.44 bits per heavy atom. The number of carbonyl (C=O) groups is 2. The molecule has 10 heteroatoms. The van der Waals surface area contributed by atoms with Crippen LogP contribution < -0.4 is 5.32 Å². The van der Waals surface area contributed by atoms with Crippen molar-refractivity contribution in [3.63, 3.8) is 0 Å². The highest BCUT2D eigenvalue weighted by atomic mass is 19.4. The van der Waals surface area contributed by atoms with E-state index in [-0.39, 0.29) is 34.1 Å². The minimum atomic E-state index is -4.64. The summed E-state index contributed by atoms with van der Waals surface area (Å²) in [5, 5.41) is 10.5. The molecule has 0 aliphatic carbocycles. The molecule has 2 aromatic heterocycles. The van der Waals surface area contributed by atoms with E-state index in [4.69, 9.17) is 10.1 Å². The van der Waals surface area contributed by atoms with Crippen molar-refractivity contribution in [1.82, 2.24) is 9.97 Å². The van der Waals surface area contributed by atoms with Crippen LogP contribution in [0.3, 0.4) is 0 Å². The van der Waals surface area contributed by atoms with Crippen molar-refractivity contribution in [3.05, 3.63) is 71.0 Å². The summed E-state index contributed by atoms with van der Waals surface area (Å²) in [5.74, 6) is -1.16. The van der Waals surface area contributed by atoms with Gasteiger partial charge in [-0.25, -0.2) is 14.8 Å². The van der Waals surface area contributed by atoms with Crippen LogP contribution in [0.25, 0.3) is 11.3 Å². The summed E-state index contributed by atoms with van der Waals surface area (Å²) in [6.07, 6.45) is -3.76. The van der Waals surface area contributed by atoms with E-state index in [1.165, 1.54) is 44.4 Å². The van der Waals surface area contributed by atoms with E-state index in [0.717, 1.165) is 12.3 Å². The number of aromatic nitrogens is 2. The van der Waals surface area contributed by atoms with E-state index in [2.05, 4.69) is 15.3 Å². The van der Waals surface area contributed by atoms with Gasteiger partial charge in [-0.15, -0.1) is 0 Å². The van der Waals surface area contributed by atoms with Gasteiger partial charge in [0.1, 0.15) is 17.2 Å². The number of anilines is 2. The van der Waals surface area contributed by atoms with Gasteiger partial charge in [-0.1, -0.05) is 12.1 Å². The van der Waals surface area contributed by atoms with Crippen molar-refractivity contribution in [1.29, 1.82) is 5.41 Å². The SMILES string of the molecule is COC(=O)c1cc(-c2cccc(C(C)=O)n2)cc(Nc2cccc(C(F)(F)F)n2)c1C=N. The normalized spacial score (nSPS) is 11.0. The molecule has 0 unspecified atom stereocenters. The summed E-state index contributed by atoms with van der Waals surface area (Å²) in [6.45, 7) is 1.36. The van der Waals surface area contributed by atoms with Crippen molar-refractivity contribution < 1.29 is 27.5 Å². The molecule has 0 saturated heterocycles. The quantitative estimate of drug-likeness (QED) is 0.320. The first-order valence-corrected chi connectivity index (χ1v) is 9.20. The lowest BCUT2D eigenvalue weighted by molar-refractivity contribution is -0.141. The Hall–Kier alpha value is -4.08. The van der Waals surface area contributed by atoms with E-state index >= 15 is 0 Å². The smallest absolute Gasteiger partial charge is 0.433 e. The predicted molar refractivity (Wildman–Crippen MR) is 111 cm³/mol. The molecule has 0 amide bonds. The number of ketones is 1. The number of rotatable bonds is 6. The number of Topliss-reactive ketones (excluding diaryl/α,β-unsaturated/α-hetero) is 1. The van der Waals surface area contributed by atoms with Gasteiger partial charge >= 0.3 is 12.1 Å². The molecule has 0 fully saturated rings. The van der Waals surface area contributed by atoms with Gasteiger partial charge in [0.15, 0.2) is 5.78 Å². The van der Waals surface area contributed by atoms with Crippen LogP contribution in [0.2, 0.25) is 0 Å². The van der Waals surface area contributed by atoms with Crippen molar-refractivity contribution in [2.45, 2.75) is 13.1 Å². The monoisotopic (exact) mass is 442 g/mol. The molecular weight excluding hydrogens is 425 g/mol. The van der Waals surface area contributed by atoms with E-state index in [1.807, 2.05) is 0 Å². The number of halogens is 3. The van der Waals surface area contributed by atoms with E-state index in [1.54, 1.807) is 12.1 Å². The topological polar surface area (TPSA) is 105 Å². The Bertz CT molecular complexity index is 1210. The maximum atomic E-state index is 13.0. The van der Waals surface area contributed by atoms with Crippen LogP contribution in [-0.2, 0) is 10.9 Å². The Morgan fingerprint density at radius 2 is 1.81 bits per heavy atom. The van der Waals surface area contributed by atoms with Gasteiger partial charge in [0.25, 0.3) is 0 Å². The Labute approximate surface area is 180 Å². The molecule has 0 bridgehead atoms. The molecule has 3 rings (SSSR count). The fourth-order valence-electron chi connectivity index (χ4n) is 2.93. The molecule has 0 aliphatic heterocycles. The van der Waals surface area contributed by atoms with Gasteiger partial charge < -0.3 is 15.5 Å². The fraction of sp³-hybridized carbons (Fsp3) is 0.136. The molecular formula is C22H17F3N4O3. The lowest BCUT2D eigenvalue weighted by Crippen LogP contribution is -2.11. The number of hydrogen-bond donors (Lipinski definition) is 2. The average molecular weight is 442 g/mol. The molecule has 0 atom stereocenters. The van der Waals surface area contributed by atoms with Crippen LogP contribution in [0, 0.1) is 5.41 Å². The van der Waals surface area contributed by atoms with Gasteiger partial charge in [-0.2, -0.15) is 13.2 Å². The lowest BCUT2D eigenvalue weighted by atomic mass is 9.99. The third kappa shape index (κ3) is 4.80. The zero-order valence-corrected chi connectivity index (χ0v) is 16.9. The summed E-state index contributed by atoms with van der Waals surface area (Å²) in [4.78, 5) is 31.9. The summed E-state index contributed by atoms with van der Waals surface area (Å²) in [7, 11) is 1.17. The van der Waals surface area contributed by atoms with Gasteiger partial charge in [-0.3, -0.25) is 4.79 Å². The van der Waals surface area contributed by atoms with Gasteiger partial charge in [0.2, 0.25) is 0 Å². The Kier molecular flexibility index (Phi) is 6.33. The maximum Gasteiger partial charge on any atom is 0.433 e. The Morgan fingerprint density at radius 1 is 1.09 bits per heavy atom. The first-order chi connectivity index (χ1) is 15.1. The van der Waals surface area contributed by atoms with Crippen LogP contribution in [0.1, 0.15) is 39.0 Å². The van der Waals surface area contributed by atoms with Crippen LogP contribution >= 0.6 is 0 Å². The number of alkyl halides is 3. The molecule has 2 N–H and O–H groups in total. The number of nitrogens with one attached hydrogen (secondary N) is 2. The van der Waals surface area contributed by atoms with E-state index < -0.39 is 17.8 Å². The lowest BCUT2D eigenvalue weighted by Gasteiger charge is -2.15. The van der Waals surface area contributed by atoms with Gasteiger partial charge in [-0.05, 0) is 36.4 Å². The molecule has 1 aromatic carbocycles. The van der Waals surface area contributed by atoms with Crippen LogP contribution in [0.4, 0.5) is 24.7 Å². The summed E-state index contributed by atoms with van der Waals surface area (Å²) in [5.41, 5.74) is 0.0474. The highest BCUT2D eigenvalue weighted by Gasteiger charge is 2.32. The second kappa shape index (κ2) is 8.96. The molecule has 0 spiro atoms. The summed E-state index contributed by atoms with van der Waals surface area (Å²) in [6, 6.07) is 11.0. The number of methoxy groups -OCH3 is 1.